The zero-order valence-corrected chi connectivity index (χ0v) is 16.5. The van der Waals surface area contributed by atoms with E-state index in [-0.39, 0.29) is 5.91 Å². The number of furan rings is 1. The second-order valence-corrected chi connectivity index (χ2v) is 7.57. The first-order valence-electron chi connectivity index (χ1n) is 9.91. The Bertz CT molecular complexity index is 1210. The van der Waals surface area contributed by atoms with Crippen molar-refractivity contribution in [1.82, 2.24) is 15.2 Å². The number of benzene rings is 1. The lowest BCUT2D eigenvalue weighted by Gasteiger charge is -2.11. The van der Waals surface area contributed by atoms with Gasteiger partial charge in [0.1, 0.15) is 0 Å². The van der Waals surface area contributed by atoms with E-state index in [0.717, 1.165) is 46.4 Å². The van der Waals surface area contributed by atoms with E-state index in [4.69, 9.17) is 4.42 Å². The molecule has 1 saturated carbocycles. The zero-order chi connectivity index (χ0) is 20.5. The summed E-state index contributed by atoms with van der Waals surface area (Å²) < 4.78 is 5.17. The van der Waals surface area contributed by atoms with Crippen LogP contribution >= 0.6 is 0 Å². The summed E-state index contributed by atoms with van der Waals surface area (Å²) in [6.07, 6.45) is 9.14. The number of rotatable bonds is 5. The van der Waals surface area contributed by atoms with Crippen LogP contribution in [0.1, 0.15) is 40.4 Å². The zero-order valence-electron chi connectivity index (χ0n) is 16.5. The monoisotopic (exact) mass is 396 g/mol. The van der Waals surface area contributed by atoms with E-state index >= 15 is 0 Å². The Labute approximate surface area is 174 Å². The van der Waals surface area contributed by atoms with Crippen molar-refractivity contribution in [3.8, 4) is 22.4 Å². The van der Waals surface area contributed by atoms with Gasteiger partial charge in [-0.25, -0.2) is 0 Å². The van der Waals surface area contributed by atoms with Gasteiger partial charge in [-0.2, -0.15) is 5.10 Å². The Hall–Kier alpha value is -3.80. The third kappa shape index (κ3) is 3.72. The molecule has 1 fully saturated rings. The Kier molecular flexibility index (Phi) is 4.59. The second-order valence-electron chi connectivity index (χ2n) is 7.57. The number of hydrogen-bond donors (Lipinski definition) is 1. The molecule has 5 rings (SSSR count). The van der Waals surface area contributed by atoms with Crippen LogP contribution in [0.15, 0.2) is 71.8 Å². The minimum Gasteiger partial charge on any atom is -0.472 e. The molecule has 3 heterocycles. The average Bonchev–Trinajstić information content (AvgIpc) is 3.49. The highest BCUT2D eigenvalue weighted by Crippen LogP contribution is 2.39. The summed E-state index contributed by atoms with van der Waals surface area (Å²) in [4.78, 5) is 17.1. The van der Waals surface area contributed by atoms with Crippen LogP contribution in [0.3, 0.4) is 0 Å². The van der Waals surface area contributed by atoms with Crippen molar-refractivity contribution >= 4 is 11.6 Å². The highest BCUT2D eigenvalue weighted by Gasteiger charge is 2.25. The summed E-state index contributed by atoms with van der Waals surface area (Å²) in [5.41, 5.74) is 7.04. The van der Waals surface area contributed by atoms with Gasteiger partial charge in [-0.3, -0.25) is 9.78 Å². The Balaban J connectivity index is 1.42. The SMILES string of the molecule is Cc1ccc(NC(=O)c2cc(C3CC3)cnn2)cc1-c1ccnc(-c2ccoc2)c1. The molecule has 0 atom stereocenters. The molecule has 1 amide bonds. The Morgan fingerprint density at radius 1 is 1.10 bits per heavy atom. The Morgan fingerprint density at radius 3 is 2.80 bits per heavy atom. The number of nitrogens with zero attached hydrogens (tertiary/aromatic N) is 3. The lowest BCUT2D eigenvalue weighted by Crippen LogP contribution is -2.14. The summed E-state index contributed by atoms with van der Waals surface area (Å²) in [6.45, 7) is 2.05. The maximum absolute atomic E-state index is 12.7. The number of pyridine rings is 1. The third-order valence-corrected chi connectivity index (χ3v) is 5.34. The van der Waals surface area contributed by atoms with E-state index in [1.54, 1.807) is 24.9 Å². The molecule has 1 aliphatic carbocycles. The average molecular weight is 396 g/mol. The third-order valence-electron chi connectivity index (χ3n) is 5.34. The molecule has 148 valence electrons. The first kappa shape index (κ1) is 18.2. The van der Waals surface area contributed by atoms with Gasteiger partial charge in [-0.15, -0.1) is 5.10 Å². The molecule has 0 aliphatic heterocycles. The van der Waals surface area contributed by atoms with Crippen LogP contribution in [-0.2, 0) is 0 Å². The van der Waals surface area contributed by atoms with Crippen molar-refractivity contribution in [3.05, 3.63) is 84.2 Å². The fraction of sp³-hybridized carbons (Fsp3) is 0.167. The van der Waals surface area contributed by atoms with Gasteiger partial charge in [0, 0.05) is 17.4 Å². The van der Waals surface area contributed by atoms with Crippen molar-refractivity contribution in [2.45, 2.75) is 25.7 Å². The minimum atomic E-state index is -0.256. The molecular weight excluding hydrogens is 376 g/mol. The van der Waals surface area contributed by atoms with Gasteiger partial charge in [0.15, 0.2) is 5.69 Å². The molecule has 1 aromatic carbocycles. The second kappa shape index (κ2) is 7.55. The first-order valence-corrected chi connectivity index (χ1v) is 9.91. The lowest BCUT2D eigenvalue weighted by atomic mass is 9.99. The molecule has 30 heavy (non-hydrogen) atoms. The minimum absolute atomic E-state index is 0.256. The maximum atomic E-state index is 12.7. The molecule has 6 heteroatoms. The number of anilines is 1. The van der Waals surface area contributed by atoms with Gasteiger partial charge >= 0.3 is 0 Å². The molecule has 0 radical (unpaired) electrons. The van der Waals surface area contributed by atoms with Crippen molar-refractivity contribution in [3.63, 3.8) is 0 Å². The van der Waals surface area contributed by atoms with Gasteiger partial charge in [0.25, 0.3) is 5.91 Å². The summed E-state index contributed by atoms with van der Waals surface area (Å²) in [5.74, 6) is 0.266. The molecule has 0 spiro atoms. The van der Waals surface area contributed by atoms with Gasteiger partial charge < -0.3 is 9.73 Å². The van der Waals surface area contributed by atoms with E-state index in [1.807, 2.05) is 49.4 Å². The molecule has 0 bridgehead atoms. The van der Waals surface area contributed by atoms with E-state index in [2.05, 4.69) is 20.5 Å². The summed E-state index contributed by atoms with van der Waals surface area (Å²) in [5, 5.41) is 11.0. The molecular formula is C24H20N4O2. The summed E-state index contributed by atoms with van der Waals surface area (Å²) in [7, 11) is 0. The van der Waals surface area contributed by atoms with Crippen molar-refractivity contribution < 1.29 is 9.21 Å². The number of aryl methyl sites for hydroxylation is 1. The number of hydrogen-bond acceptors (Lipinski definition) is 5. The normalized spacial score (nSPS) is 13.2. The van der Waals surface area contributed by atoms with Crippen LogP contribution in [0.5, 0.6) is 0 Å². The summed E-state index contributed by atoms with van der Waals surface area (Å²) >= 11 is 0. The van der Waals surface area contributed by atoms with Crippen LogP contribution < -0.4 is 5.32 Å². The van der Waals surface area contributed by atoms with E-state index in [0.29, 0.717) is 17.3 Å². The van der Waals surface area contributed by atoms with Gasteiger partial charge in [0.2, 0.25) is 0 Å². The topological polar surface area (TPSA) is 80.9 Å². The highest BCUT2D eigenvalue weighted by molar-refractivity contribution is 6.03. The van der Waals surface area contributed by atoms with Gasteiger partial charge in [-0.05, 0) is 84.3 Å². The van der Waals surface area contributed by atoms with E-state index in [9.17, 15) is 4.79 Å². The number of aromatic nitrogens is 3. The predicted octanol–water partition coefficient (Wildman–Crippen LogP) is 5.24. The quantitative estimate of drug-likeness (QED) is 0.499. The predicted molar refractivity (Wildman–Crippen MR) is 114 cm³/mol. The van der Waals surface area contributed by atoms with Crippen LogP contribution in [-0.4, -0.2) is 21.1 Å². The fourth-order valence-electron chi connectivity index (χ4n) is 3.50. The molecule has 1 aliphatic rings. The van der Waals surface area contributed by atoms with Crippen LogP contribution in [0, 0.1) is 6.92 Å². The number of carbonyl (C=O) groups excluding carboxylic acids is 1. The molecule has 0 unspecified atom stereocenters. The maximum Gasteiger partial charge on any atom is 0.276 e. The molecule has 0 saturated heterocycles. The van der Waals surface area contributed by atoms with Crippen LogP contribution in [0.2, 0.25) is 0 Å². The van der Waals surface area contributed by atoms with E-state index in [1.165, 1.54) is 0 Å². The largest absolute Gasteiger partial charge is 0.472 e. The molecule has 3 aromatic heterocycles. The van der Waals surface area contributed by atoms with Crippen LogP contribution in [0.4, 0.5) is 5.69 Å². The number of carbonyl (C=O) groups is 1. The van der Waals surface area contributed by atoms with Crippen LogP contribution in [0.25, 0.3) is 22.4 Å². The number of nitrogens with one attached hydrogen (secondary N) is 1. The summed E-state index contributed by atoms with van der Waals surface area (Å²) in [6, 6.07) is 13.6. The van der Waals surface area contributed by atoms with Crippen molar-refractivity contribution in [2.75, 3.05) is 5.32 Å². The highest BCUT2D eigenvalue weighted by atomic mass is 16.3. The molecule has 6 nitrogen and oxygen atoms in total. The standard InChI is InChI=1S/C24H20N4O2/c1-15-2-5-20(27-24(29)23-11-19(13-26-28-23)16-3-4-16)12-21(15)17-6-8-25-22(10-17)18-7-9-30-14-18/h2,5-14,16H,3-4H2,1H3,(H,27,29). The van der Waals surface area contributed by atoms with Crippen molar-refractivity contribution in [1.29, 1.82) is 0 Å². The number of amides is 1. The molecule has 4 aromatic rings. The fourth-order valence-corrected chi connectivity index (χ4v) is 3.50. The van der Waals surface area contributed by atoms with Gasteiger partial charge in [-0.1, -0.05) is 6.07 Å². The van der Waals surface area contributed by atoms with E-state index < -0.39 is 0 Å². The van der Waals surface area contributed by atoms with Gasteiger partial charge in [0.05, 0.1) is 24.4 Å². The van der Waals surface area contributed by atoms with Crippen molar-refractivity contribution in [2.24, 2.45) is 0 Å². The molecule has 1 N–H and O–H groups in total. The first-order chi connectivity index (χ1) is 14.7. The lowest BCUT2D eigenvalue weighted by molar-refractivity contribution is 0.102. The Morgan fingerprint density at radius 2 is 2.00 bits per heavy atom. The smallest absolute Gasteiger partial charge is 0.276 e.